The number of hydrogen-bond donors (Lipinski definition) is 1. The van der Waals surface area contributed by atoms with Crippen LogP contribution in [0, 0.1) is 0 Å². The molecule has 0 radical (unpaired) electrons. The summed E-state index contributed by atoms with van der Waals surface area (Å²) in [6, 6.07) is 22.7. The Labute approximate surface area is 190 Å². The van der Waals surface area contributed by atoms with E-state index in [0.717, 1.165) is 42.0 Å². The minimum absolute atomic E-state index is 0.135. The van der Waals surface area contributed by atoms with Crippen LogP contribution in [-0.2, 0) is 9.53 Å². The molecule has 0 heterocycles. The van der Waals surface area contributed by atoms with Gasteiger partial charge in [0.05, 0.1) is 6.10 Å². The summed E-state index contributed by atoms with van der Waals surface area (Å²) in [5.41, 5.74) is 1.46. The lowest BCUT2D eigenvalue weighted by molar-refractivity contribution is -0.144. The third-order valence-corrected chi connectivity index (χ3v) is 5.40. The van der Waals surface area contributed by atoms with E-state index in [9.17, 15) is 9.59 Å². The summed E-state index contributed by atoms with van der Waals surface area (Å²) in [7, 11) is 0. The fraction of sp³-hybridized carbons (Fsp3) is 0.286. The molecule has 1 N–H and O–H groups in total. The van der Waals surface area contributed by atoms with Gasteiger partial charge in [-0.1, -0.05) is 86.8 Å². The van der Waals surface area contributed by atoms with Crippen molar-refractivity contribution in [2.75, 3.05) is 0 Å². The smallest absolute Gasteiger partial charge is 0.355 e. The molecule has 0 aliphatic rings. The van der Waals surface area contributed by atoms with Gasteiger partial charge in [-0.25, -0.2) is 4.79 Å². The minimum Gasteiger partial charge on any atom is -0.458 e. The number of fused-ring (bicyclic) bond motifs is 1. The number of hydrogen-bond acceptors (Lipinski definition) is 3. The number of carbonyl (C=O) groups excluding carboxylic acids is 2. The van der Waals surface area contributed by atoms with Crippen molar-refractivity contribution in [3.63, 3.8) is 0 Å². The van der Waals surface area contributed by atoms with Crippen LogP contribution >= 0.6 is 0 Å². The number of ether oxygens (including phenoxy) is 1. The molecule has 1 atom stereocenters. The van der Waals surface area contributed by atoms with Crippen molar-refractivity contribution in [1.29, 1.82) is 0 Å². The molecule has 4 nitrogen and oxygen atoms in total. The zero-order valence-electron chi connectivity index (χ0n) is 18.8. The predicted molar refractivity (Wildman–Crippen MR) is 130 cm³/mol. The lowest BCUT2D eigenvalue weighted by Gasteiger charge is -2.16. The Balaban J connectivity index is 1.84. The second kappa shape index (κ2) is 11.8. The molecule has 3 rings (SSSR count). The van der Waals surface area contributed by atoms with Gasteiger partial charge in [-0.3, -0.25) is 4.79 Å². The lowest BCUT2D eigenvalue weighted by Crippen LogP contribution is -2.30. The monoisotopic (exact) mass is 429 g/mol. The van der Waals surface area contributed by atoms with Crippen molar-refractivity contribution in [3.05, 3.63) is 89.6 Å². The normalized spacial score (nSPS) is 12.4. The summed E-state index contributed by atoms with van der Waals surface area (Å²) in [6.07, 6.45) is 6.78. The van der Waals surface area contributed by atoms with Gasteiger partial charge in [0, 0.05) is 5.56 Å². The number of carbonyl (C=O) groups is 2. The summed E-state index contributed by atoms with van der Waals surface area (Å²) < 4.78 is 5.69. The van der Waals surface area contributed by atoms with E-state index in [4.69, 9.17) is 4.74 Å². The Morgan fingerprint density at radius 3 is 2.41 bits per heavy atom. The molecule has 0 aromatic heterocycles. The van der Waals surface area contributed by atoms with E-state index < -0.39 is 5.97 Å². The molecule has 4 heteroatoms. The van der Waals surface area contributed by atoms with E-state index in [0.29, 0.717) is 5.56 Å². The van der Waals surface area contributed by atoms with Crippen LogP contribution in [0.3, 0.4) is 0 Å². The molecule has 0 saturated carbocycles. The molecule has 166 valence electrons. The fourth-order valence-electron chi connectivity index (χ4n) is 3.63. The first kappa shape index (κ1) is 23.3. The summed E-state index contributed by atoms with van der Waals surface area (Å²) in [6.45, 7) is 4.07. The van der Waals surface area contributed by atoms with Gasteiger partial charge in [0.15, 0.2) is 0 Å². The van der Waals surface area contributed by atoms with Crippen LogP contribution < -0.4 is 5.32 Å². The van der Waals surface area contributed by atoms with Crippen LogP contribution in [0.15, 0.2) is 78.5 Å². The van der Waals surface area contributed by atoms with Gasteiger partial charge < -0.3 is 10.1 Å². The standard InChI is InChI=1S/C28H31NO3/c1-3-4-5-7-13-21(2)32-28(31)26(29-27(30)23-15-8-6-9-16-23)20-24-18-12-17-22-14-10-11-19-25(22)24/h6,8-12,14-21H,3-5,7,13H2,1-2H3,(H,29,30)/b26-20+/t21-/m0/s1. The van der Waals surface area contributed by atoms with Crippen molar-refractivity contribution < 1.29 is 14.3 Å². The maximum Gasteiger partial charge on any atom is 0.355 e. The summed E-state index contributed by atoms with van der Waals surface area (Å²) in [5, 5.41) is 4.84. The van der Waals surface area contributed by atoms with Crippen LogP contribution in [0.1, 0.15) is 61.9 Å². The van der Waals surface area contributed by atoms with Crippen molar-refractivity contribution in [2.45, 2.75) is 52.1 Å². The highest BCUT2D eigenvalue weighted by molar-refractivity contribution is 6.04. The van der Waals surface area contributed by atoms with Crippen LogP contribution in [0.25, 0.3) is 16.8 Å². The lowest BCUT2D eigenvalue weighted by atomic mass is 10.0. The van der Waals surface area contributed by atoms with Gasteiger partial charge >= 0.3 is 5.97 Å². The first-order valence-electron chi connectivity index (χ1n) is 11.4. The molecule has 0 bridgehead atoms. The van der Waals surface area contributed by atoms with E-state index in [1.807, 2.05) is 55.5 Å². The van der Waals surface area contributed by atoms with Gasteiger partial charge in [-0.2, -0.15) is 0 Å². The van der Waals surface area contributed by atoms with Gasteiger partial charge in [-0.05, 0) is 54.3 Å². The minimum atomic E-state index is -0.523. The Kier molecular flexibility index (Phi) is 8.61. The zero-order valence-corrected chi connectivity index (χ0v) is 18.8. The number of amides is 1. The van der Waals surface area contributed by atoms with Crippen LogP contribution in [0.5, 0.6) is 0 Å². The molecular formula is C28H31NO3. The summed E-state index contributed by atoms with van der Waals surface area (Å²) >= 11 is 0. The quantitative estimate of drug-likeness (QED) is 0.227. The van der Waals surface area contributed by atoms with Crippen molar-refractivity contribution in [2.24, 2.45) is 0 Å². The highest BCUT2D eigenvalue weighted by Crippen LogP contribution is 2.21. The van der Waals surface area contributed by atoms with E-state index in [1.165, 1.54) is 6.42 Å². The molecule has 3 aromatic rings. The average molecular weight is 430 g/mol. The zero-order chi connectivity index (χ0) is 22.8. The maximum atomic E-state index is 13.0. The van der Waals surface area contributed by atoms with E-state index >= 15 is 0 Å². The number of unbranched alkanes of at least 4 members (excludes halogenated alkanes) is 3. The SMILES string of the molecule is CCCCCC[C@H](C)OC(=O)/C(=C\c1cccc2ccccc12)NC(=O)c1ccccc1. The van der Waals surface area contributed by atoms with Crippen LogP contribution in [0.2, 0.25) is 0 Å². The maximum absolute atomic E-state index is 13.0. The number of rotatable bonds is 10. The number of nitrogens with one attached hydrogen (secondary N) is 1. The predicted octanol–water partition coefficient (Wildman–Crippen LogP) is 6.51. The van der Waals surface area contributed by atoms with E-state index in [1.54, 1.807) is 30.3 Å². The molecule has 3 aromatic carbocycles. The third-order valence-electron chi connectivity index (χ3n) is 5.40. The number of benzene rings is 3. The van der Waals surface area contributed by atoms with E-state index in [2.05, 4.69) is 12.2 Å². The molecule has 0 aliphatic carbocycles. The Bertz CT molecular complexity index is 1070. The molecule has 0 aliphatic heterocycles. The third kappa shape index (κ3) is 6.55. The Morgan fingerprint density at radius 1 is 0.906 bits per heavy atom. The molecule has 32 heavy (non-hydrogen) atoms. The molecule has 0 saturated heterocycles. The highest BCUT2D eigenvalue weighted by atomic mass is 16.5. The van der Waals surface area contributed by atoms with Gasteiger partial charge in [0.1, 0.15) is 5.70 Å². The molecule has 0 unspecified atom stereocenters. The molecule has 0 spiro atoms. The largest absolute Gasteiger partial charge is 0.458 e. The summed E-state index contributed by atoms with van der Waals surface area (Å²) in [4.78, 5) is 25.8. The molecular weight excluding hydrogens is 398 g/mol. The Hall–Kier alpha value is -3.40. The molecule has 1 amide bonds. The van der Waals surface area contributed by atoms with Crippen molar-refractivity contribution in [1.82, 2.24) is 5.32 Å². The van der Waals surface area contributed by atoms with Crippen molar-refractivity contribution in [3.8, 4) is 0 Å². The first-order valence-corrected chi connectivity index (χ1v) is 11.4. The number of esters is 1. The van der Waals surface area contributed by atoms with Crippen molar-refractivity contribution >= 4 is 28.7 Å². The second-order valence-corrected chi connectivity index (χ2v) is 8.01. The van der Waals surface area contributed by atoms with Gasteiger partial charge in [0.25, 0.3) is 5.91 Å². The average Bonchev–Trinajstić information content (AvgIpc) is 2.82. The molecule has 0 fully saturated rings. The highest BCUT2D eigenvalue weighted by Gasteiger charge is 2.19. The fourth-order valence-corrected chi connectivity index (χ4v) is 3.63. The summed E-state index contributed by atoms with van der Waals surface area (Å²) in [5.74, 6) is -0.866. The van der Waals surface area contributed by atoms with Gasteiger partial charge in [-0.15, -0.1) is 0 Å². The second-order valence-electron chi connectivity index (χ2n) is 8.01. The van der Waals surface area contributed by atoms with Crippen LogP contribution in [-0.4, -0.2) is 18.0 Å². The van der Waals surface area contributed by atoms with Gasteiger partial charge in [0.2, 0.25) is 0 Å². The Morgan fingerprint density at radius 2 is 1.62 bits per heavy atom. The van der Waals surface area contributed by atoms with Crippen LogP contribution in [0.4, 0.5) is 0 Å². The first-order chi connectivity index (χ1) is 15.6. The van der Waals surface area contributed by atoms with E-state index in [-0.39, 0.29) is 17.7 Å². The topological polar surface area (TPSA) is 55.4 Å².